The molecule has 0 bridgehead atoms. The summed E-state index contributed by atoms with van der Waals surface area (Å²) in [4.78, 5) is 26.0. The number of carbonyl (C=O) groups is 1. The Hall–Kier alpha value is -3.85. The lowest BCUT2D eigenvalue weighted by atomic mass is 10.00. The molecule has 30 heavy (non-hydrogen) atoms. The average molecular weight is 426 g/mol. The summed E-state index contributed by atoms with van der Waals surface area (Å²) in [6, 6.07) is 12.3. The van der Waals surface area contributed by atoms with Crippen molar-refractivity contribution in [3.63, 3.8) is 0 Å². The summed E-state index contributed by atoms with van der Waals surface area (Å²) in [5.41, 5.74) is 1.60. The molecule has 0 fully saturated rings. The lowest BCUT2D eigenvalue weighted by Crippen LogP contribution is -2.02. The number of nitrogens with zero attached hydrogens (tertiary/aromatic N) is 2. The summed E-state index contributed by atoms with van der Waals surface area (Å²) in [5, 5.41) is 21.9. The summed E-state index contributed by atoms with van der Waals surface area (Å²) in [6.07, 6.45) is 2.29. The van der Waals surface area contributed by atoms with E-state index in [9.17, 15) is 24.4 Å². The minimum atomic E-state index is -1.20. The van der Waals surface area contributed by atoms with Crippen molar-refractivity contribution in [2.24, 2.45) is 0 Å². The molecule has 0 aliphatic heterocycles. The first kappa shape index (κ1) is 20.9. The van der Waals surface area contributed by atoms with Crippen LogP contribution in [-0.2, 0) is 9.53 Å². The third-order valence-electron chi connectivity index (χ3n) is 4.08. The number of nitro benzene ring substituents is 1. The second kappa shape index (κ2) is 9.10. The van der Waals surface area contributed by atoms with Gasteiger partial charge in [0, 0.05) is 23.1 Å². The molecule has 0 atom stereocenters. The van der Waals surface area contributed by atoms with E-state index in [1.54, 1.807) is 41.8 Å². The molecule has 9 heteroatoms. The molecular weight excluding hydrogens is 411 g/mol. The lowest BCUT2D eigenvalue weighted by molar-refractivity contribution is -0.384. The number of methoxy groups -OCH3 is 1. The molecule has 1 heterocycles. The molecule has 0 aliphatic carbocycles. The average Bonchev–Trinajstić information content (AvgIpc) is 3.23. The highest BCUT2D eigenvalue weighted by molar-refractivity contribution is 7.11. The summed E-state index contributed by atoms with van der Waals surface area (Å²) in [5.74, 6) is -1.84. The predicted octanol–water partition coefficient (Wildman–Crippen LogP) is 5.26. The molecule has 3 rings (SSSR count). The minimum Gasteiger partial charge on any atom is -0.503 e. The molecule has 0 unspecified atom stereocenters. The van der Waals surface area contributed by atoms with E-state index >= 15 is 0 Å². The van der Waals surface area contributed by atoms with Gasteiger partial charge < -0.3 is 9.84 Å². The zero-order chi connectivity index (χ0) is 21.7. The molecule has 7 nitrogen and oxygen atoms in total. The number of aromatic nitrogens is 1. The number of carboxylic acid groups (broad SMARTS) is 1. The summed E-state index contributed by atoms with van der Waals surface area (Å²) in [6.45, 7) is 0. The lowest BCUT2D eigenvalue weighted by Gasteiger charge is -2.07. The van der Waals surface area contributed by atoms with Gasteiger partial charge in [0.15, 0.2) is 10.8 Å². The zero-order valence-electron chi connectivity index (χ0n) is 15.6. The van der Waals surface area contributed by atoms with Crippen LogP contribution in [0.5, 0.6) is 0 Å². The largest absolute Gasteiger partial charge is 0.503 e. The molecule has 152 valence electrons. The monoisotopic (exact) mass is 426 g/mol. The van der Waals surface area contributed by atoms with Crippen LogP contribution in [-0.4, -0.2) is 28.1 Å². The van der Waals surface area contributed by atoms with Gasteiger partial charge in [0.05, 0.1) is 24.0 Å². The van der Waals surface area contributed by atoms with E-state index in [1.165, 1.54) is 25.3 Å². The standard InChI is InChI=1S/C21H15FN2O5S/c1-29-11-17(21(25)26)16-5-3-2-4-14(16)10-18(22)20-23-19(12-30-20)13-6-8-15(9-7-13)24(27)28/h2-12H,1H3,(H,25,26)/b17-11-,18-10-. The Bertz CT molecular complexity index is 1150. The summed E-state index contributed by atoms with van der Waals surface area (Å²) in [7, 11) is 1.33. The smallest absolute Gasteiger partial charge is 0.339 e. The van der Waals surface area contributed by atoms with Crippen LogP contribution < -0.4 is 0 Å². The van der Waals surface area contributed by atoms with E-state index < -0.39 is 16.7 Å². The van der Waals surface area contributed by atoms with Crippen LogP contribution in [0.1, 0.15) is 16.1 Å². The van der Waals surface area contributed by atoms with E-state index in [4.69, 9.17) is 4.74 Å². The van der Waals surface area contributed by atoms with Gasteiger partial charge in [-0.1, -0.05) is 24.3 Å². The number of aliphatic carboxylic acids is 1. The van der Waals surface area contributed by atoms with Crippen molar-refractivity contribution in [3.05, 3.63) is 86.4 Å². The van der Waals surface area contributed by atoms with Gasteiger partial charge in [-0.05, 0) is 29.3 Å². The molecule has 0 spiro atoms. The predicted molar refractivity (Wildman–Crippen MR) is 112 cm³/mol. The fourth-order valence-corrected chi connectivity index (χ4v) is 3.42. The van der Waals surface area contributed by atoms with Gasteiger partial charge in [0.25, 0.3) is 5.69 Å². The quantitative estimate of drug-likeness (QED) is 0.239. The third kappa shape index (κ3) is 4.58. The number of hydrogen-bond donors (Lipinski definition) is 1. The van der Waals surface area contributed by atoms with Gasteiger partial charge in [-0.2, -0.15) is 0 Å². The Morgan fingerprint density at radius 3 is 2.57 bits per heavy atom. The molecule has 2 aromatic carbocycles. The number of hydrogen-bond acceptors (Lipinski definition) is 6. The van der Waals surface area contributed by atoms with E-state index in [0.717, 1.165) is 17.6 Å². The van der Waals surface area contributed by atoms with Gasteiger partial charge in [-0.3, -0.25) is 10.1 Å². The van der Waals surface area contributed by atoms with Crippen LogP contribution in [0.25, 0.3) is 28.7 Å². The first-order valence-electron chi connectivity index (χ1n) is 8.54. The second-order valence-corrected chi connectivity index (χ2v) is 6.85. The van der Waals surface area contributed by atoms with Gasteiger partial charge in [-0.15, -0.1) is 11.3 Å². The highest BCUT2D eigenvalue weighted by Crippen LogP contribution is 2.30. The van der Waals surface area contributed by atoms with Crippen molar-refractivity contribution in [1.82, 2.24) is 4.98 Å². The van der Waals surface area contributed by atoms with Crippen molar-refractivity contribution < 1.29 is 24.0 Å². The first-order valence-corrected chi connectivity index (χ1v) is 9.42. The Labute approximate surface area is 174 Å². The number of rotatable bonds is 7. The number of halogens is 1. The maximum Gasteiger partial charge on any atom is 0.339 e. The van der Waals surface area contributed by atoms with Crippen molar-refractivity contribution in [2.45, 2.75) is 0 Å². The Balaban J connectivity index is 1.93. The van der Waals surface area contributed by atoms with Gasteiger partial charge in [0.2, 0.25) is 0 Å². The number of benzene rings is 2. The number of ether oxygens (including phenoxy) is 1. The topological polar surface area (TPSA) is 103 Å². The number of carboxylic acids is 1. The maximum absolute atomic E-state index is 14.9. The molecule has 0 saturated heterocycles. The molecule has 1 N–H and O–H groups in total. The molecule has 1 aromatic heterocycles. The minimum absolute atomic E-state index is 0.0461. The Morgan fingerprint density at radius 1 is 1.23 bits per heavy atom. The molecular formula is C21H15FN2O5S. The molecule has 0 amide bonds. The Morgan fingerprint density at radius 2 is 1.93 bits per heavy atom. The van der Waals surface area contributed by atoms with Crippen molar-refractivity contribution >= 4 is 40.5 Å². The fraction of sp³-hybridized carbons (Fsp3) is 0.0476. The Kier molecular flexibility index (Phi) is 6.33. The highest BCUT2D eigenvalue weighted by atomic mass is 32.1. The van der Waals surface area contributed by atoms with Crippen molar-refractivity contribution in [3.8, 4) is 11.3 Å². The SMILES string of the molecule is CO/C=C(\C(=O)O)c1ccccc1/C=C(\F)c1nc(-c2ccc([N+](=O)[O-])cc2)cs1. The van der Waals surface area contributed by atoms with Gasteiger partial charge in [0.1, 0.15) is 5.57 Å². The highest BCUT2D eigenvalue weighted by Gasteiger charge is 2.16. The van der Waals surface area contributed by atoms with Crippen LogP contribution in [0, 0.1) is 10.1 Å². The van der Waals surface area contributed by atoms with Crippen LogP contribution >= 0.6 is 11.3 Å². The maximum atomic E-state index is 14.9. The molecule has 3 aromatic rings. The molecule has 0 aliphatic rings. The summed E-state index contributed by atoms with van der Waals surface area (Å²) < 4.78 is 19.7. The van der Waals surface area contributed by atoms with E-state index in [1.807, 2.05) is 0 Å². The third-order valence-corrected chi connectivity index (χ3v) is 4.93. The summed E-state index contributed by atoms with van der Waals surface area (Å²) >= 11 is 1.07. The van der Waals surface area contributed by atoms with Crippen molar-refractivity contribution in [2.75, 3.05) is 7.11 Å². The van der Waals surface area contributed by atoms with Gasteiger partial charge in [-0.25, -0.2) is 14.2 Å². The van der Waals surface area contributed by atoms with Crippen LogP contribution in [0.15, 0.2) is 60.2 Å². The van der Waals surface area contributed by atoms with E-state index in [0.29, 0.717) is 22.4 Å². The van der Waals surface area contributed by atoms with Crippen LogP contribution in [0.4, 0.5) is 10.1 Å². The molecule has 0 radical (unpaired) electrons. The number of nitro groups is 1. The van der Waals surface area contributed by atoms with Crippen LogP contribution in [0.3, 0.4) is 0 Å². The van der Waals surface area contributed by atoms with Gasteiger partial charge >= 0.3 is 5.97 Å². The number of thiazole rings is 1. The zero-order valence-corrected chi connectivity index (χ0v) is 16.4. The normalized spacial score (nSPS) is 11.9. The first-order chi connectivity index (χ1) is 14.4. The number of non-ortho nitro benzene ring substituents is 1. The van der Waals surface area contributed by atoms with E-state index in [2.05, 4.69) is 4.98 Å². The van der Waals surface area contributed by atoms with E-state index in [-0.39, 0.29) is 16.3 Å². The second-order valence-electron chi connectivity index (χ2n) is 5.99. The fourth-order valence-electron chi connectivity index (χ4n) is 2.68. The van der Waals surface area contributed by atoms with Crippen LogP contribution in [0.2, 0.25) is 0 Å². The molecule has 0 saturated carbocycles. The van der Waals surface area contributed by atoms with Crippen molar-refractivity contribution in [1.29, 1.82) is 0 Å².